The van der Waals surface area contributed by atoms with E-state index in [0.717, 1.165) is 14.2 Å². The highest BCUT2D eigenvalue weighted by Gasteiger charge is 2.22. The Morgan fingerprint density at radius 3 is 2.13 bits per heavy atom. The van der Waals surface area contributed by atoms with Gasteiger partial charge >= 0.3 is 11.9 Å². The van der Waals surface area contributed by atoms with Crippen LogP contribution in [0.4, 0.5) is 0 Å². The van der Waals surface area contributed by atoms with E-state index in [1.165, 1.54) is 18.0 Å². The molecule has 120 valence electrons. The van der Waals surface area contributed by atoms with Gasteiger partial charge in [-0.2, -0.15) is 5.10 Å². The number of rotatable bonds is 4. The van der Waals surface area contributed by atoms with E-state index in [2.05, 4.69) is 14.6 Å². The molecule has 8 heteroatoms. The van der Waals surface area contributed by atoms with E-state index in [4.69, 9.17) is 4.74 Å². The largest absolute Gasteiger partial charge is 0.497 e. The first-order valence-electron chi connectivity index (χ1n) is 6.46. The van der Waals surface area contributed by atoms with Crippen LogP contribution in [0.25, 0.3) is 5.69 Å². The van der Waals surface area contributed by atoms with Crippen LogP contribution < -0.4 is 10.2 Å². The van der Waals surface area contributed by atoms with Gasteiger partial charge < -0.3 is 14.2 Å². The Bertz CT molecular complexity index is 754. The van der Waals surface area contributed by atoms with Crippen molar-refractivity contribution in [3.05, 3.63) is 51.9 Å². The summed E-state index contributed by atoms with van der Waals surface area (Å²) < 4.78 is 15.4. The average Bonchev–Trinajstić information content (AvgIpc) is 2.60. The van der Waals surface area contributed by atoms with Gasteiger partial charge in [0.25, 0.3) is 0 Å². The van der Waals surface area contributed by atoms with Crippen LogP contribution in [0.3, 0.4) is 0 Å². The lowest BCUT2D eigenvalue weighted by Crippen LogP contribution is -2.28. The first kappa shape index (κ1) is 16.2. The van der Waals surface area contributed by atoms with Crippen LogP contribution >= 0.6 is 0 Å². The molecule has 0 aliphatic heterocycles. The fourth-order valence-corrected chi connectivity index (χ4v) is 1.84. The van der Waals surface area contributed by atoms with Gasteiger partial charge in [0.2, 0.25) is 11.1 Å². The number of aromatic nitrogens is 2. The number of benzene rings is 1. The summed E-state index contributed by atoms with van der Waals surface area (Å²) in [5.41, 5.74) is -1.17. The minimum absolute atomic E-state index is 0.321. The molecule has 1 heterocycles. The Labute approximate surface area is 131 Å². The summed E-state index contributed by atoms with van der Waals surface area (Å²) in [5, 5.41) is 3.93. The SMILES string of the molecule is COC(=O)c1cn(-c2ccc(OC)cc2)nc(C(=O)OC)c1=O. The van der Waals surface area contributed by atoms with E-state index in [-0.39, 0.29) is 5.56 Å². The zero-order valence-electron chi connectivity index (χ0n) is 12.7. The molecule has 8 nitrogen and oxygen atoms in total. The standard InChI is InChI=1S/C15H14N2O6/c1-21-10-6-4-9(5-7-10)17-8-11(14(19)22-2)13(18)12(16-17)15(20)23-3/h4-8H,1-3H3. The number of methoxy groups -OCH3 is 3. The molecule has 0 bridgehead atoms. The van der Waals surface area contributed by atoms with Crippen molar-refractivity contribution in [1.29, 1.82) is 0 Å². The van der Waals surface area contributed by atoms with Gasteiger partial charge in [-0.25, -0.2) is 14.3 Å². The van der Waals surface area contributed by atoms with Gasteiger partial charge in [0.15, 0.2) is 0 Å². The number of nitrogens with zero attached hydrogens (tertiary/aromatic N) is 2. The molecule has 0 amide bonds. The van der Waals surface area contributed by atoms with Crippen LogP contribution in [-0.2, 0) is 9.47 Å². The summed E-state index contributed by atoms with van der Waals surface area (Å²) in [6.07, 6.45) is 1.20. The third-order valence-electron chi connectivity index (χ3n) is 3.04. The van der Waals surface area contributed by atoms with E-state index in [1.54, 1.807) is 24.3 Å². The van der Waals surface area contributed by atoms with Crippen molar-refractivity contribution in [1.82, 2.24) is 9.78 Å². The summed E-state index contributed by atoms with van der Waals surface area (Å²) in [6.45, 7) is 0. The number of carbonyl (C=O) groups is 2. The highest BCUT2D eigenvalue weighted by molar-refractivity contribution is 5.93. The van der Waals surface area contributed by atoms with Gasteiger partial charge in [0, 0.05) is 6.20 Å². The molecule has 2 aromatic rings. The number of esters is 2. The summed E-state index contributed by atoms with van der Waals surface area (Å²) in [6, 6.07) is 6.65. The second-order valence-corrected chi connectivity index (χ2v) is 4.35. The van der Waals surface area contributed by atoms with Crippen LogP contribution in [-0.4, -0.2) is 43.0 Å². The quantitative estimate of drug-likeness (QED) is 0.770. The first-order chi connectivity index (χ1) is 11.0. The van der Waals surface area contributed by atoms with Crippen molar-refractivity contribution >= 4 is 11.9 Å². The Balaban J connectivity index is 2.65. The maximum absolute atomic E-state index is 12.2. The van der Waals surface area contributed by atoms with Gasteiger partial charge in [-0.15, -0.1) is 0 Å². The second kappa shape index (κ2) is 6.73. The smallest absolute Gasteiger partial charge is 0.362 e. The predicted molar refractivity (Wildman–Crippen MR) is 79.1 cm³/mol. The number of hydrogen-bond donors (Lipinski definition) is 0. The molecule has 2 rings (SSSR count). The average molecular weight is 318 g/mol. The van der Waals surface area contributed by atoms with E-state index in [1.807, 2.05) is 0 Å². The number of ether oxygens (including phenoxy) is 3. The molecule has 0 N–H and O–H groups in total. The van der Waals surface area contributed by atoms with Gasteiger partial charge in [-0.3, -0.25) is 4.79 Å². The molecule has 0 saturated heterocycles. The molecule has 0 spiro atoms. The molecule has 0 fully saturated rings. The lowest BCUT2D eigenvalue weighted by atomic mass is 10.2. The van der Waals surface area contributed by atoms with Crippen molar-refractivity contribution in [3.8, 4) is 11.4 Å². The minimum atomic E-state index is -0.942. The number of hydrogen-bond acceptors (Lipinski definition) is 7. The lowest BCUT2D eigenvalue weighted by molar-refractivity contribution is 0.0587. The summed E-state index contributed by atoms with van der Waals surface area (Å²) in [7, 11) is 3.78. The van der Waals surface area contributed by atoms with Crippen LogP contribution in [0.15, 0.2) is 35.3 Å². The van der Waals surface area contributed by atoms with E-state index in [9.17, 15) is 14.4 Å². The van der Waals surface area contributed by atoms with Crippen molar-refractivity contribution in [2.45, 2.75) is 0 Å². The van der Waals surface area contributed by atoms with Crippen LogP contribution in [0.1, 0.15) is 20.8 Å². The molecule has 0 aliphatic carbocycles. The minimum Gasteiger partial charge on any atom is -0.497 e. The second-order valence-electron chi connectivity index (χ2n) is 4.35. The molecular formula is C15H14N2O6. The van der Waals surface area contributed by atoms with Gasteiger partial charge in [-0.05, 0) is 24.3 Å². The van der Waals surface area contributed by atoms with E-state index >= 15 is 0 Å². The topological polar surface area (TPSA) is 96.7 Å². The van der Waals surface area contributed by atoms with Crippen molar-refractivity contribution in [3.63, 3.8) is 0 Å². The third-order valence-corrected chi connectivity index (χ3v) is 3.04. The molecule has 23 heavy (non-hydrogen) atoms. The molecule has 0 aliphatic rings. The normalized spacial score (nSPS) is 10.0. The van der Waals surface area contributed by atoms with E-state index < -0.39 is 23.1 Å². The molecule has 1 aromatic heterocycles. The Kier molecular flexibility index (Phi) is 4.75. The van der Waals surface area contributed by atoms with Gasteiger partial charge in [-0.1, -0.05) is 0 Å². The molecular weight excluding hydrogens is 304 g/mol. The van der Waals surface area contributed by atoms with Crippen molar-refractivity contribution in [2.24, 2.45) is 0 Å². The van der Waals surface area contributed by atoms with Gasteiger partial charge in [0.05, 0.1) is 27.0 Å². The summed E-state index contributed by atoms with van der Waals surface area (Å²) in [5.74, 6) is -1.19. The Morgan fingerprint density at radius 1 is 1.00 bits per heavy atom. The molecule has 0 radical (unpaired) electrons. The highest BCUT2D eigenvalue weighted by atomic mass is 16.5. The van der Waals surface area contributed by atoms with Gasteiger partial charge in [0.1, 0.15) is 11.3 Å². The fourth-order valence-electron chi connectivity index (χ4n) is 1.84. The monoisotopic (exact) mass is 318 g/mol. The predicted octanol–water partition coefficient (Wildman–Crippen LogP) is 0.814. The Hall–Kier alpha value is -3.16. The van der Waals surface area contributed by atoms with Crippen LogP contribution in [0.2, 0.25) is 0 Å². The third kappa shape index (κ3) is 3.20. The zero-order chi connectivity index (χ0) is 17.0. The number of carbonyl (C=O) groups excluding carboxylic acids is 2. The van der Waals surface area contributed by atoms with Crippen molar-refractivity contribution < 1.29 is 23.8 Å². The first-order valence-corrected chi connectivity index (χ1v) is 6.46. The maximum atomic E-state index is 12.2. The highest BCUT2D eigenvalue weighted by Crippen LogP contribution is 2.14. The van der Waals surface area contributed by atoms with Crippen LogP contribution in [0.5, 0.6) is 5.75 Å². The lowest BCUT2D eigenvalue weighted by Gasteiger charge is -2.10. The molecule has 0 atom stereocenters. The van der Waals surface area contributed by atoms with Crippen LogP contribution in [0, 0.1) is 0 Å². The fraction of sp³-hybridized carbons (Fsp3) is 0.200. The summed E-state index contributed by atoms with van der Waals surface area (Å²) in [4.78, 5) is 35.6. The molecule has 0 saturated carbocycles. The molecule has 1 aromatic carbocycles. The Morgan fingerprint density at radius 2 is 1.61 bits per heavy atom. The zero-order valence-corrected chi connectivity index (χ0v) is 12.7. The molecule has 0 unspecified atom stereocenters. The van der Waals surface area contributed by atoms with E-state index in [0.29, 0.717) is 11.4 Å². The van der Waals surface area contributed by atoms with Crippen molar-refractivity contribution in [2.75, 3.05) is 21.3 Å². The maximum Gasteiger partial charge on any atom is 0.362 e. The summed E-state index contributed by atoms with van der Waals surface area (Å²) >= 11 is 0.